The number of carboxylic acids is 1. The summed E-state index contributed by atoms with van der Waals surface area (Å²) in [5.41, 5.74) is 3.59. The van der Waals surface area contributed by atoms with Gasteiger partial charge < -0.3 is 10.4 Å². The molecule has 0 amide bonds. The summed E-state index contributed by atoms with van der Waals surface area (Å²) >= 11 is 1.35. The zero-order valence-corrected chi connectivity index (χ0v) is 12.0. The molecule has 100 valence electrons. The second-order valence-corrected chi connectivity index (χ2v) is 5.55. The first-order valence-corrected chi connectivity index (χ1v) is 6.90. The number of aromatic nitrogens is 1. The van der Waals surface area contributed by atoms with E-state index in [1.165, 1.54) is 22.5 Å². The van der Waals surface area contributed by atoms with Crippen LogP contribution in [-0.2, 0) is 6.42 Å². The molecule has 0 bridgehead atoms. The number of aryl methyl sites for hydroxylation is 3. The van der Waals surface area contributed by atoms with E-state index in [4.69, 9.17) is 5.11 Å². The molecule has 1 aromatic carbocycles. The van der Waals surface area contributed by atoms with Crippen molar-refractivity contribution in [3.05, 3.63) is 39.9 Å². The van der Waals surface area contributed by atoms with E-state index in [1.54, 1.807) is 6.92 Å². The highest BCUT2D eigenvalue weighted by Crippen LogP contribution is 2.26. The monoisotopic (exact) mass is 276 g/mol. The summed E-state index contributed by atoms with van der Waals surface area (Å²) in [5.74, 6) is -0.986. The maximum Gasteiger partial charge on any atom is 0.355 e. The molecule has 0 aliphatic carbocycles. The van der Waals surface area contributed by atoms with Crippen molar-refractivity contribution in [3.8, 4) is 0 Å². The SMILES string of the molecule is CCc1cc(Nc2nc(C(=O)O)c(C)s2)ccc1C. The largest absolute Gasteiger partial charge is 0.476 e. The molecule has 0 unspecified atom stereocenters. The topological polar surface area (TPSA) is 62.2 Å². The van der Waals surface area contributed by atoms with Gasteiger partial charge in [-0.15, -0.1) is 11.3 Å². The summed E-state index contributed by atoms with van der Waals surface area (Å²) in [4.78, 5) is 15.7. The Bertz CT molecular complexity index is 620. The molecule has 0 saturated heterocycles. The minimum atomic E-state index is -0.986. The number of aromatic carboxylic acids is 1. The van der Waals surface area contributed by atoms with Crippen LogP contribution in [0.15, 0.2) is 18.2 Å². The number of carbonyl (C=O) groups is 1. The number of hydrogen-bond donors (Lipinski definition) is 2. The average Bonchev–Trinajstić information content (AvgIpc) is 2.73. The van der Waals surface area contributed by atoms with Crippen LogP contribution in [0.2, 0.25) is 0 Å². The van der Waals surface area contributed by atoms with Crippen molar-refractivity contribution in [2.45, 2.75) is 27.2 Å². The lowest BCUT2D eigenvalue weighted by molar-refractivity contribution is 0.0690. The Balaban J connectivity index is 2.26. The first-order chi connectivity index (χ1) is 9.01. The van der Waals surface area contributed by atoms with Crippen molar-refractivity contribution in [1.29, 1.82) is 0 Å². The van der Waals surface area contributed by atoms with E-state index >= 15 is 0 Å². The van der Waals surface area contributed by atoms with E-state index in [0.717, 1.165) is 12.1 Å². The Kier molecular flexibility index (Phi) is 3.85. The first-order valence-electron chi connectivity index (χ1n) is 6.08. The Morgan fingerprint density at radius 3 is 2.74 bits per heavy atom. The summed E-state index contributed by atoms with van der Waals surface area (Å²) in [6.45, 7) is 5.96. The van der Waals surface area contributed by atoms with Gasteiger partial charge in [0, 0.05) is 10.6 Å². The smallest absolute Gasteiger partial charge is 0.355 e. The highest BCUT2D eigenvalue weighted by atomic mass is 32.1. The van der Waals surface area contributed by atoms with Gasteiger partial charge in [-0.3, -0.25) is 0 Å². The zero-order chi connectivity index (χ0) is 14.0. The standard InChI is InChI=1S/C14H16N2O2S/c1-4-10-7-11(6-5-8(10)2)15-14-16-12(13(17)18)9(3)19-14/h5-7H,4H2,1-3H3,(H,15,16)(H,17,18). The summed E-state index contributed by atoms with van der Waals surface area (Å²) in [6, 6.07) is 6.11. The molecule has 0 spiro atoms. The van der Waals surface area contributed by atoms with Crippen LogP contribution in [-0.4, -0.2) is 16.1 Å². The summed E-state index contributed by atoms with van der Waals surface area (Å²) < 4.78 is 0. The van der Waals surface area contributed by atoms with Gasteiger partial charge >= 0.3 is 5.97 Å². The number of nitrogens with zero attached hydrogens (tertiary/aromatic N) is 1. The Hall–Kier alpha value is -1.88. The molecule has 0 radical (unpaired) electrons. The summed E-state index contributed by atoms with van der Waals surface area (Å²) in [5, 5.41) is 12.8. The van der Waals surface area contributed by atoms with Crippen LogP contribution in [0.1, 0.15) is 33.4 Å². The molecule has 19 heavy (non-hydrogen) atoms. The Morgan fingerprint density at radius 2 is 2.16 bits per heavy atom. The molecule has 1 aromatic heterocycles. The molecular formula is C14H16N2O2S. The van der Waals surface area contributed by atoms with Crippen molar-refractivity contribution in [2.24, 2.45) is 0 Å². The van der Waals surface area contributed by atoms with E-state index in [1.807, 2.05) is 6.07 Å². The van der Waals surface area contributed by atoms with Crippen molar-refractivity contribution < 1.29 is 9.90 Å². The maximum atomic E-state index is 10.9. The number of benzene rings is 1. The highest BCUT2D eigenvalue weighted by Gasteiger charge is 2.14. The fraction of sp³-hybridized carbons (Fsp3) is 0.286. The predicted molar refractivity (Wildman–Crippen MR) is 77.7 cm³/mol. The van der Waals surface area contributed by atoms with Crippen LogP contribution in [0.25, 0.3) is 0 Å². The molecule has 0 fully saturated rings. The van der Waals surface area contributed by atoms with Crippen LogP contribution in [0.3, 0.4) is 0 Å². The van der Waals surface area contributed by atoms with Crippen LogP contribution in [0, 0.1) is 13.8 Å². The van der Waals surface area contributed by atoms with Crippen molar-refractivity contribution in [2.75, 3.05) is 5.32 Å². The quantitative estimate of drug-likeness (QED) is 0.892. The minimum Gasteiger partial charge on any atom is -0.476 e. The van der Waals surface area contributed by atoms with Crippen LogP contribution < -0.4 is 5.32 Å². The molecule has 0 aliphatic rings. The third-order valence-corrected chi connectivity index (χ3v) is 3.87. The second kappa shape index (κ2) is 5.40. The van der Waals surface area contributed by atoms with Gasteiger partial charge in [-0.1, -0.05) is 13.0 Å². The van der Waals surface area contributed by atoms with E-state index < -0.39 is 5.97 Å². The van der Waals surface area contributed by atoms with Gasteiger partial charge in [0.2, 0.25) is 0 Å². The number of carboxylic acid groups (broad SMARTS) is 1. The zero-order valence-electron chi connectivity index (χ0n) is 11.2. The van der Waals surface area contributed by atoms with Gasteiger partial charge in [-0.05, 0) is 43.5 Å². The molecule has 4 nitrogen and oxygen atoms in total. The minimum absolute atomic E-state index is 0.121. The molecular weight excluding hydrogens is 260 g/mol. The number of thiazole rings is 1. The normalized spacial score (nSPS) is 10.5. The fourth-order valence-corrected chi connectivity index (χ4v) is 2.73. The molecule has 0 aliphatic heterocycles. The molecule has 2 aromatic rings. The number of hydrogen-bond acceptors (Lipinski definition) is 4. The number of anilines is 2. The second-order valence-electron chi connectivity index (χ2n) is 4.35. The van der Waals surface area contributed by atoms with Gasteiger partial charge in [0.1, 0.15) is 0 Å². The summed E-state index contributed by atoms with van der Waals surface area (Å²) in [7, 11) is 0. The Morgan fingerprint density at radius 1 is 1.42 bits per heavy atom. The highest BCUT2D eigenvalue weighted by molar-refractivity contribution is 7.15. The molecule has 5 heteroatoms. The maximum absolute atomic E-state index is 10.9. The van der Waals surface area contributed by atoms with Gasteiger partial charge in [-0.25, -0.2) is 9.78 Å². The third-order valence-electron chi connectivity index (χ3n) is 2.98. The van der Waals surface area contributed by atoms with E-state index in [2.05, 4.69) is 36.3 Å². The van der Waals surface area contributed by atoms with Crippen molar-refractivity contribution >= 4 is 28.1 Å². The lowest BCUT2D eigenvalue weighted by Gasteiger charge is -2.07. The van der Waals surface area contributed by atoms with Gasteiger partial charge in [0.05, 0.1) is 0 Å². The molecule has 1 heterocycles. The Labute approximate surface area is 116 Å². The molecule has 2 N–H and O–H groups in total. The summed E-state index contributed by atoms with van der Waals surface area (Å²) in [6.07, 6.45) is 0.971. The lowest BCUT2D eigenvalue weighted by atomic mass is 10.1. The van der Waals surface area contributed by atoms with Crippen molar-refractivity contribution in [1.82, 2.24) is 4.98 Å². The van der Waals surface area contributed by atoms with Crippen LogP contribution in [0.4, 0.5) is 10.8 Å². The molecule has 2 rings (SSSR count). The van der Waals surface area contributed by atoms with Gasteiger partial charge in [0.15, 0.2) is 10.8 Å². The third kappa shape index (κ3) is 2.93. The molecule has 0 atom stereocenters. The first kappa shape index (κ1) is 13.5. The lowest BCUT2D eigenvalue weighted by Crippen LogP contribution is -1.99. The van der Waals surface area contributed by atoms with E-state index in [9.17, 15) is 4.79 Å². The average molecular weight is 276 g/mol. The van der Waals surface area contributed by atoms with Gasteiger partial charge in [-0.2, -0.15) is 0 Å². The predicted octanol–water partition coefficient (Wildman–Crippen LogP) is 3.76. The van der Waals surface area contributed by atoms with Gasteiger partial charge in [0.25, 0.3) is 0 Å². The number of nitrogens with one attached hydrogen (secondary N) is 1. The molecule has 0 saturated carbocycles. The van der Waals surface area contributed by atoms with Crippen LogP contribution in [0.5, 0.6) is 0 Å². The van der Waals surface area contributed by atoms with E-state index in [0.29, 0.717) is 10.0 Å². The fourth-order valence-electron chi connectivity index (χ4n) is 1.90. The number of rotatable bonds is 4. The van der Waals surface area contributed by atoms with E-state index in [-0.39, 0.29) is 5.69 Å². The van der Waals surface area contributed by atoms with Crippen molar-refractivity contribution in [3.63, 3.8) is 0 Å². The van der Waals surface area contributed by atoms with Crippen LogP contribution >= 0.6 is 11.3 Å².